The number of carbonyl (C=O) groups excluding carboxylic acids is 2. The molecule has 2 heterocycles. The van der Waals surface area contributed by atoms with Gasteiger partial charge in [0.15, 0.2) is 0 Å². The number of amides is 2. The van der Waals surface area contributed by atoms with Crippen molar-refractivity contribution < 1.29 is 9.59 Å². The standard InChI is InChI=1S/C12H15N3O2/c1-9-4-5-10(13-8-9)14-11(16)12(17)15-6-2-3-7-15/h4-5,8H,2-3,6-7H2,1H3,(H,13,14,16). The van der Waals surface area contributed by atoms with Gasteiger partial charge in [0.2, 0.25) is 0 Å². The van der Waals surface area contributed by atoms with E-state index in [0.29, 0.717) is 18.9 Å². The molecule has 1 aromatic heterocycles. The van der Waals surface area contributed by atoms with Crippen molar-refractivity contribution in [3.05, 3.63) is 23.9 Å². The number of hydrogen-bond donors (Lipinski definition) is 1. The van der Waals surface area contributed by atoms with E-state index < -0.39 is 11.8 Å². The van der Waals surface area contributed by atoms with Gasteiger partial charge >= 0.3 is 11.8 Å². The van der Waals surface area contributed by atoms with Crippen molar-refractivity contribution in [2.45, 2.75) is 19.8 Å². The summed E-state index contributed by atoms with van der Waals surface area (Å²) in [6.07, 6.45) is 3.60. The Kier molecular flexibility index (Phi) is 3.37. The molecule has 90 valence electrons. The van der Waals surface area contributed by atoms with Crippen LogP contribution in [0.4, 0.5) is 5.82 Å². The van der Waals surface area contributed by atoms with E-state index in [9.17, 15) is 9.59 Å². The summed E-state index contributed by atoms with van der Waals surface area (Å²) in [5.74, 6) is -0.665. The fraction of sp³-hybridized carbons (Fsp3) is 0.417. The minimum absolute atomic E-state index is 0.410. The Morgan fingerprint density at radius 1 is 1.29 bits per heavy atom. The molecule has 0 aliphatic carbocycles. The molecule has 1 aliphatic heterocycles. The van der Waals surface area contributed by atoms with Gasteiger partial charge in [-0.3, -0.25) is 9.59 Å². The van der Waals surface area contributed by atoms with E-state index in [2.05, 4.69) is 10.3 Å². The first-order chi connectivity index (χ1) is 8.16. The highest BCUT2D eigenvalue weighted by Crippen LogP contribution is 2.09. The van der Waals surface area contributed by atoms with E-state index in [1.165, 1.54) is 0 Å². The number of aryl methyl sites for hydroxylation is 1. The zero-order valence-corrected chi connectivity index (χ0v) is 9.77. The molecule has 0 atom stereocenters. The van der Waals surface area contributed by atoms with Crippen molar-refractivity contribution in [3.63, 3.8) is 0 Å². The van der Waals surface area contributed by atoms with Crippen molar-refractivity contribution in [2.75, 3.05) is 18.4 Å². The molecule has 0 spiro atoms. The number of anilines is 1. The molecule has 0 saturated carbocycles. The van der Waals surface area contributed by atoms with Crippen molar-refractivity contribution >= 4 is 17.6 Å². The lowest BCUT2D eigenvalue weighted by atomic mass is 10.3. The number of nitrogens with one attached hydrogen (secondary N) is 1. The molecule has 0 aromatic carbocycles. The van der Waals surface area contributed by atoms with Gasteiger partial charge in [0.25, 0.3) is 0 Å². The highest BCUT2D eigenvalue weighted by molar-refractivity contribution is 6.39. The maximum Gasteiger partial charge on any atom is 0.315 e. The summed E-state index contributed by atoms with van der Waals surface area (Å²) in [4.78, 5) is 28.9. The molecule has 2 amide bonds. The summed E-state index contributed by atoms with van der Waals surface area (Å²) in [6.45, 7) is 3.26. The van der Waals surface area contributed by atoms with Crippen LogP contribution in [-0.4, -0.2) is 34.8 Å². The highest BCUT2D eigenvalue weighted by atomic mass is 16.2. The molecule has 5 nitrogen and oxygen atoms in total. The van der Waals surface area contributed by atoms with Gasteiger partial charge in [-0.1, -0.05) is 6.07 Å². The van der Waals surface area contributed by atoms with Crippen molar-refractivity contribution in [1.29, 1.82) is 0 Å². The van der Waals surface area contributed by atoms with Crippen molar-refractivity contribution in [3.8, 4) is 0 Å². The highest BCUT2D eigenvalue weighted by Gasteiger charge is 2.24. The van der Waals surface area contributed by atoms with Gasteiger partial charge in [-0.05, 0) is 31.4 Å². The third kappa shape index (κ3) is 2.81. The molecule has 5 heteroatoms. The number of likely N-dealkylation sites (tertiary alicyclic amines) is 1. The van der Waals surface area contributed by atoms with Crippen LogP contribution in [0.1, 0.15) is 18.4 Å². The number of hydrogen-bond acceptors (Lipinski definition) is 3. The number of carbonyl (C=O) groups is 2. The van der Waals surface area contributed by atoms with Gasteiger partial charge in [0.05, 0.1) is 0 Å². The zero-order chi connectivity index (χ0) is 12.3. The second-order valence-electron chi connectivity index (χ2n) is 4.17. The van der Waals surface area contributed by atoms with E-state index in [1.54, 1.807) is 17.2 Å². The van der Waals surface area contributed by atoms with Crippen LogP contribution in [0.15, 0.2) is 18.3 Å². The lowest BCUT2D eigenvalue weighted by molar-refractivity contribution is -0.142. The minimum atomic E-state index is -0.608. The molecule has 2 rings (SSSR count). The third-order valence-corrected chi connectivity index (χ3v) is 2.74. The predicted octanol–water partition coefficient (Wildman–Crippen LogP) is 0.951. The van der Waals surface area contributed by atoms with Crippen LogP contribution in [0.5, 0.6) is 0 Å². The van der Waals surface area contributed by atoms with Crippen LogP contribution < -0.4 is 5.32 Å². The van der Waals surface area contributed by atoms with E-state index in [0.717, 1.165) is 18.4 Å². The lowest BCUT2D eigenvalue weighted by Gasteiger charge is -2.14. The zero-order valence-electron chi connectivity index (χ0n) is 9.77. The molecular formula is C12H15N3O2. The Morgan fingerprint density at radius 3 is 2.59 bits per heavy atom. The largest absolute Gasteiger partial charge is 0.334 e. The first kappa shape index (κ1) is 11.6. The van der Waals surface area contributed by atoms with Gasteiger partial charge < -0.3 is 10.2 Å². The molecule has 0 unspecified atom stereocenters. The van der Waals surface area contributed by atoms with Gasteiger partial charge in [0, 0.05) is 19.3 Å². The summed E-state index contributed by atoms with van der Waals surface area (Å²) in [7, 11) is 0. The Hall–Kier alpha value is -1.91. The summed E-state index contributed by atoms with van der Waals surface area (Å²) < 4.78 is 0. The first-order valence-electron chi connectivity index (χ1n) is 5.70. The number of nitrogens with zero attached hydrogens (tertiary/aromatic N) is 2. The first-order valence-corrected chi connectivity index (χ1v) is 5.70. The van der Waals surface area contributed by atoms with Crippen molar-refractivity contribution in [2.24, 2.45) is 0 Å². The Balaban J connectivity index is 1.96. The van der Waals surface area contributed by atoms with Gasteiger partial charge in [-0.2, -0.15) is 0 Å². The summed E-state index contributed by atoms with van der Waals surface area (Å²) >= 11 is 0. The number of aromatic nitrogens is 1. The minimum Gasteiger partial charge on any atom is -0.334 e. The molecule has 1 aromatic rings. The molecule has 1 fully saturated rings. The molecular weight excluding hydrogens is 218 g/mol. The smallest absolute Gasteiger partial charge is 0.315 e. The van der Waals surface area contributed by atoms with Crippen LogP contribution in [0.25, 0.3) is 0 Å². The van der Waals surface area contributed by atoms with Crippen LogP contribution >= 0.6 is 0 Å². The van der Waals surface area contributed by atoms with Gasteiger partial charge in [-0.25, -0.2) is 4.98 Å². The number of pyridine rings is 1. The second kappa shape index (κ2) is 4.95. The van der Waals surface area contributed by atoms with Crippen LogP contribution in [0, 0.1) is 6.92 Å². The average Bonchev–Trinajstić information content (AvgIpc) is 2.84. The van der Waals surface area contributed by atoms with E-state index in [4.69, 9.17) is 0 Å². The summed E-state index contributed by atoms with van der Waals surface area (Å²) in [5, 5.41) is 2.50. The Labute approximate surface area is 99.8 Å². The average molecular weight is 233 g/mol. The molecule has 1 N–H and O–H groups in total. The van der Waals surface area contributed by atoms with Crippen LogP contribution in [0.3, 0.4) is 0 Å². The Morgan fingerprint density at radius 2 is 2.00 bits per heavy atom. The predicted molar refractivity (Wildman–Crippen MR) is 63.4 cm³/mol. The molecule has 1 saturated heterocycles. The monoisotopic (exact) mass is 233 g/mol. The van der Waals surface area contributed by atoms with Crippen LogP contribution in [0.2, 0.25) is 0 Å². The summed E-state index contributed by atoms with van der Waals surface area (Å²) in [5.41, 5.74) is 1.01. The third-order valence-electron chi connectivity index (χ3n) is 2.74. The molecule has 17 heavy (non-hydrogen) atoms. The van der Waals surface area contributed by atoms with Gasteiger partial charge in [-0.15, -0.1) is 0 Å². The maximum absolute atomic E-state index is 11.7. The van der Waals surface area contributed by atoms with Gasteiger partial charge in [0.1, 0.15) is 5.82 Å². The SMILES string of the molecule is Cc1ccc(NC(=O)C(=O)N2CCCC2)nc1. The molecule has 1 aliphatic rings. The fourth-order valence-corrected chi connectivity index (χ4v) is 1.78. The maximum atomic E-state index is 11.7. The van der Waals surface area contributed by atoms with Crippen LogP contribution in [-0.2, 0) is 9.59 Å². The topological polar surface area (TPSA) is 62.3 Å². The summed E-state index contributed by atoms with van der Waals surface area (Å²) in [6, 6.07) is 3.52. The molecule has 0 bridgehead atoms. The molecule has 0 radical (unpaired) electrons. The number of rotatable bonds is 1. The second-order valence-corrected chi connectivity index (χ2v) is 4.17. The Bertz CT molecular complexity index is 422. The quantitative estimate of drug-likeness (QED) is 0.735. The van der Waals surface area contributed by atoms with E-state index in [-0.39, 0.29) is 0 Å². The van der Waals surface area contributed by atoms with Crippen molar-refractivity contribution in [1.82, 2.24) is 9.88 Å². The van der Waals surface area contributed by atoms with E-state index >= 15 is 0 Å². The van der Waals surface area contributed by atoms with E-state index in [1.807, 2.05) is 13.0 Å². The normalized spacial score (nSPS) is 14.8. The lowest BCUT2D eigenvalue weighted by Crippen LogP contribution is -2.37. The fourth-order valence-electron chi connectivity index (χ4n) is 1.78.